The van der Waals surface area contributed by atoms with Crippen molar-refractivity contribution < 1.29 is 14.3 Å². The molecular weight excluding hydrogens is 396 g/mol. The van der Waals surface area contributed by atoms with Crippen LogP contribution >= 0.6 is 0 Å². The van der Waals surface area contributed by atoms with E-state index in [0.717, 1.165) is 17.8 Å². The zero-order chi connectivity index (χ0) is 22.4. The van der Waals surface area contributed by atoms with Crippen molar-refractivity contribution >= 4 is 22.8 Å². The molecule has 0 aliphatic carbocycles. The molecule has 0 radical (unpaired) electrons. The molecule has 0 saturated carbocycles. The largest absolute Gasteiger partial charge is 0.466 e. The Labute approximate surface area is 182 Å². The van der Waals surface area contributed by atoms with Crippen LogP contribution < -0.4 is 5.56 Å². The molecule has 1 aromatic carbocycles. The topological polar surface area (TPSA) is 84.7 Å². The van der Waals surface area contributed by atoms with Crippen molar-refractivity contribution in [1.29, 1.82) is 0 Å². The number of carbonyl (C=O) groups excluding carboxylic acids is 2. The number of aromatic nitrogens is 2. The van der Waals surface area contributed by atoms with Gasteiger partial charge in [0.1, 0.15) is 5.82 Å². The number of ether oxygens (including phenoxy) is 1. The van der Waals surface area contributed by atoms with Crippen LogP contribution in [-0.2, 0) is 20.9 Å². The van der Waals surface area contributed by atoms with E-state index in [1.165, 1.54) is 0 Å². The number of hydrogen-bond donors (Lipinski definition) is 0. The van der Waals surface area contributed by atoms with Crippen LogP contribution in [0.25, 0.3) is 10.9 Å². The number of rotatable bonds is 8. The highest BCUT2D eigenvalue weighted by Crippen LogP contribution is 2.25. The molecule has 2 heterocycles. The minimum Gasteiger partial charge on any atom is -0.466 e. The molecule has 1 aromatic heterocycles. The van der Waals surface area contributed by atoms with Gasteiger partial charge in [-0.3, -0.25) is 23.9 Å². The highest BCUT2D eigenvalue weighted by molar-refractivity contribution is 5.81. The summed E-state index contributed by atoms with van der Waals surface area (Å²) in [5.74, 6) is 0.436. The SMILES string of the molecule is CCOC(=O)CCC(=O)N1CCN(C(CC)c2nc3ccccc3c(=O)n2CC)CC1. The van der Waals surface area contributed by atoms with E-state index in [2.05, 4.69) is 11.8 Å². The molecule has 1 atom stereocenters. The summed E-state index contributed by atoms with van der Waals surface area (Å²) in [4.78, 5) is 46.0. The van der Waals surface area contributed by atoms with Gasteiger partial charge in [-0.15, -0.1) is 0 Å². The van der Waals surface area contributed by atoms with Crippen LogP contribution in [0, 0.1) is 0 Å². The van der Waals surface area contributed by atoms with Crippen molar-refractivity contribution in [2.45, 2.75) is 52.6 Å². The lowest BCUT2D eigenvalue weighted by atomic mass is 10.1. The van der Waals surface area contributed by atoms with Crippen molar-refractivity contribution in [2.24, 2.45) is 0 Å². The molecule has 0 bridgehead atoms. The molecule has 1 fully saturated rings. The summed E-state index contributed by atoms with van der Waals surface area (Å²) in [6.07, 6.45) is 1.12. The number of para-hydroxylation sites is 1. The van der Waals surface area contributed by atoms with Crippen LogP contribution in [-0.4, -0.2) is 64.0 Å². The molecule has 1 unspecified atom stereocenters. The average molecular weight is 429 g/mol. The molecule has 3 rings (SSSR count). The first-order valence-corrected chi connectivity index (χ1v) is 11.2. The minimum atomic E-state index is -0.333. The van der Waals surface area contributed by atoms with Gasteiger partial charge in [0.2, 0.25) is 5.91 Å². The second-order valence-electron chi connectivity index (χ2n) is 7.68. The van der Waals surface area contributed by atoms with Gasteiger partial charge in [0.15, 0.2) is 0 Å². The van der Waals surface area contributed by atoms with Gasteiger partial charge in [0, 0.05) is 39.1 Å². The first-order valence-electron chi connectivity index (χ1n) is 11.2. The number of hydrogen-bond acceptors (Lipinski definition) is 6. The predicted octanol–water partition coefficient (Wildman–Crippen LogP) is 2.35. The fourth-order valence-corrected chi connectivity index (χ4v) is 4.23. The molecule has 1 saturated heterocycles. The highest BCUT2D eigenvalue weighted by atomic mass is 16.5. The summed E-state index contributed by atoms with van der Waals surface area (Å²) in [5, 5.41) is 0.639. The van der Waals surface area contributed by atoms with Crippen molar-refractivity contribution in [1.82, 2.24) is 19.4 Å². The van der Waals surface area contributed by atoms with Gasteiger partial charge in [0.05, 0.1) is 30.0 Å². The number of esters is 1. The number of carbonyl (C=O) groups is 2. The highest BCUT2D eigenvalue weighted by Gasteiger charge is 2.29. The van der Waals surface area contributed by atoms with Crippen LogP contribution in [0.5, 0.6) is 0 Å². The predicted molar refractivity (Wildman–Crippen MR) is 119 cm³/mol. The lowest BCUT2D eigenvalue weighted by molar-refractivity contribution is -0.146. The van der Waals surface area contributed by atoms with Crippen molar-refractivity contribution in [2.75, 3.05) is 32.8 Å². The molecule has 8 heteroatoms. The summed E-state index contributed by atoms with van der Waals surface area (Å²) in [7, 11) is 0. The Morgan fingerprint density at radius 2 is 1.77 bits per heavy atom. The number of piperazine rings is 1. The molecule has 8 nitrogen and oxygen atoms in total. The summed E-state index contributed by atoms with van der Waals surface area (Å²) in [5.41, 5.74) is 0.716. The van der Waals surface area contributed by atoms with E-state index in [0.29, 0.717) is 44.7 Å². The van der Waals surface area contributed by atoms with Crippen molar-refractivity contribution in [3.8, 4) is 0 Å². The third-order valence-corrected chi connectivity index (χ3v) is 5.85. The van der Waals surface area contributed by atoms with Crippen LogP contribution in [0.2, 0.25) is 0 Å². The third-order valence-electron chi connectivity index (χ3n) is 5.85. The lowest BCUT2D eigenvalue weighted by Gasteiger charge is -2.39. The Morgan fingerprint density at radius 1 is 1.06 bits per heavy atom. The first kappa shape index (κ1) is 22.9. The van der Waals surface area contributed by atoms with Crippen LogP contribution in [0.4, 0.5) is 0 Å². The second-order valence-corrected chi connectivity index (χ2v) is 7.68. The molecule has 0 N–H and O–H groups in total. The van der Waals surface area contributed by atoms with E-state index >= 15 is 0 Å². The van der Waals surface area contributed by atoms with E-state index in [-0.39, 0.29) is 36.3 Å². The van der Waals surface area contributed by atoms with Gasteiger partial charge >= 0.3 is 5.97 Å². The molecule has 168 valence electrons. The molecule has 31 heavy (non-hydrogen) atoms. The number of amides is 1. The van der Waals surface area contributed by atoms with Gasteiger partial charge < -0.3 is 9.64 Å². The fraction of sp³-hybridized carbons (Fsp3) is 0.565. The quantitative estimate of drug-likeness (QED) is 0.600. The van der Waals surface area contributed by atoms with Gasteiger partial charge in [-0.2, -0.15) is 0 Å². The van der Waals surface area contributed by atoms with E-state index in [4.69, 9.17) is 9.72 Å². The summed E-state index contributed by atoms with van der Waals surface area (Å²) >= 11 is 0. The Hall–Kier alpha value is -2.74. The normalized spacial score (nSPS) is 15.8. The molecule has 1 amide bonds. The molecule has 1 aliphatic heterocycles. The van der Waals surface area contributed by atoms with Crippen LogP contribution in [0.1, 0.15) is 51.9 Å². The molecule has 1 aliphatic rings. The molecular formula is C23H32N4O4. The Kier molecular flexibility index (Phi) is 7.79. The van der Waals surface area contributed by atoms with E-state index in [9.17, 15) is 14.4 Å². The zero-order valence-corrected chi connectivity index (χ0v) is 18.7. The first-order chi connectivity index (χ1) is 15.0. The van der Waals surface area contributed by atoms with Crippen molar-refractivity contribution in [3.05, 3.63) is 40.4 Å². The Bertz CT molecular complexity index is 979. The average Bonchev–Trinajstić information content (AvgIpc) is 2.79. The number of nitrogens with zero attached hydrogens (tertiary/aromatic N) is 4. The van der Waals surface area contributed by atoms with Crippen molar-refractivity contribution in [3.63, 3.8) is 0 Å². The molecule has 0 spiro atoms. The number of fused-ring (bicyclic) bond motifs is 1. The zero-order valence-electron chi connectivity index (χ0n) is 18.7. The summed E-state index contributed by atoms with van der Waals surface area (Å²) in [6, 6.07) is 7.47. The fourth-order valence-electron chi connectivity index (χ4n) is 4.23. The minimum absolute atomic E-state index is 0.00525. The van der Waals surface area contributed by atoms with Crippen LogP contribution in [0.3, 0.4) is 0 Å². The number of benzene rings is 1. The van der Waals surface area contributed by atoms with E-state index in [1.807, 2.05) is 36.1 Å². The maximum Gasteiger partial charge on any atom is 0.306 e. The van der Waals surface area contributed by atoms with Gasteiger partial charge in [0.25, 0.3) is 5.56 Å². The standard InChI is InChI=1S/C23H32N4O4/c1-4-19(22-24-18-10-8-7-9-17(18)23(30)27(22)5-2)25-13-15-26(16-14-25)20(28)11-12-21(29)31-6-3/h7-10,19H,4-6,11-16H2,1-3H3. The summed E-state index contributed by atoms with van der Waals surface area (Å²) < 4.78 is 6.67. The van der Waals surface area contributed by atoms with Gasteiger partial charge in [-0.25, -0.2) is 4.98 Å². The third kappa shape index (κ3) is 5.12. The van der Waals surface area contributed by atoms with E-state index in [1.54, 1.807) is 11.5 Å². The maximum atomic E-state index is 13.0. The lowest BCUT2D eigenvalue weighted by Crippen LogP contribution is -2.50. The maximum absolute atomic E-state index is 13.0. The summed E-state index contributed by atoms with van der Waals surface area (Å²) in [6.45, 7) is 9.32. The van der Waals surface area contributed by atoms with Gasteiger partial charge in [-0.05, 0) is 32.4 Å². The van der Waals surface area contributed by atoms with Crippen LogP contribution in [0.15, 0.2) is 29.1 Å². The monoisotopic (exact) mass is 428 g/mol. The van der Waals surface area contributed by atoms with E-state index < -0.39 is 0 Å². The Morgan fingerprint density at radius 3 is 2.42 bits per heavy atom. The van der Waals surface area contributed by atoms with Gasteiger partial charge in [-0.1, -0.05) is 19.1 Å². The molecule has 2 aromatic rings. The second kappa shape index (κ2) is 10.5. The smallest absolute Gasteiger partial charge is 0.306 e. The Balaban J connectivity index is 1.72.